The van der Waals surface area contributed by atoms with Gasteiger partial charge in [0, 0.05) is 36.9 Å². The van der Waals surface area contributed by atoms with E-state index >= 15 is 0 Å². The molecule has 3 atom stereocenters. The number of nitrogens with zero attached hydrogens (tertiary/aromatic N) is 1. The zero-order chi connectivity index (χ0) is 13.1. The van der Waals surface area contributed by atoms with Crippen LogP contribution in [0.2, 0.25) is 0 Å². The van der Waals surface area contributed by atoms with Crippen molar-refractivity contribution in [1.29, 1.82) is 0 Å². The summed E-state index contributed by atoms with van der Waals surface area (Å²) >= 11 is 1.72. The third-order valence-electron chi connectivity index (χ3n) is 3.59. The topological polar surface area (TPSA) is 63.4 Å². The van der Waals surface area contributed by atoms with Crippen LogP contribution in [0.3, 0.4) is 0 Å². The van der Waals surface area contributed by atoms with Crippen molar-refractivity contribution in [3.8, 4) is 0 Å². The summed E-state index contributed by atoms with van der Waals surface area (Å²) in [5.41, 5.74) is 5.84. The van der Waals surface area contributed by atoms with Crippen LogP contribution in [0.15, 0.2) is 0 Å². The molecule has 1 rings (SSSR count). The molecule has 1 aliphatic heterocycles. The van der Waals surface area contributed by atoms with E-state index in [2.05, 4.69) is 18.7 Å². The molecule has 0 radical (unpaired) electrons. The maximum atomic E-state index is 11.8. The van der Waals surface area contributed by atoms with E-state index in [1.165, 1.54) is 6.26 Å². The Morgan fingerprint density at radius 3 is 2.65 bits per heavy atom. The Labute approximate surface area is 109 Å². The summed E-state index contributed by atoms with van der Waals surface area (Å²) in [6.45, 7) is 5.64. The van der Waals surface area contributed by atoms with E-state index in [4.69, 9.17) is 5.73 Å². The fraction of sp³-hybridized carbons (Fsp3) is 1.00. The van der Waals surface area contributed by atoms with Gasteiger partial charge in [0.2, 0.25) is 0 Å². The summed E-state index contributed by atoms with van der Waals surface area (Å²) in [6.07, 6.45) is 2.36. The summed E-state index contributed by atoms with van der Waals surface area (Å²) in [4.78, 5) is 2.11. The van der Waals surface area contributed by atoms with Gasteiger partial charge in [-0.05, 0) is 5.92 Å². The SMILES string of the molecule is CCC(C)C(CN)N1CCSCC1S(C)(=O)=O. The van der Waals surface area contributed by atoms with Crippen molar-refractivity contribution in [2.75, 3.05) is 30.9 Å². The molecule has 2 N–H and O–H groups in total. The Balaban J connectivity index is 2.90. The van der Waals surface area contributed by atoms with Crippen molar-refractivity contribution in [2.24, 2.45) is 11.7 Å². The number of nitrogens with two attached hydrogens (primary N) is 1. The average molecular weight is 280 g/mol. The van der Waals surface area contributed by atoms with E-state index in [1.54, 1.807) is 11.8 Å². The Morgan fingerprint density at radius 2 is 2.18 bits per heavy atom. The van der Waals surface area contributed by atoms with Gasteiger partial charge < -0.3 is 5.73 Å². The highest BCUT2D eigenvalue weighted by molar-refractivity contribution is 8.00. The van der Waals surface area contributed by atoms with Crippen LogP contribution in [-0.4, -0.2) is 55.6 Å². The van der Waals surface area contributed by atoms with Crippen LogP contribution in [0, 0.1) is 5.92 Å². The third-order valence-corrected chi connectivity index (χ3v) is 6.25. The summed E-state index contributed by atoms with van der Waals surface area (Å²) in [5.74, 6) is 2.11. The van der Waals surface area contributed by atoms with E-state index in [0.717, 1.165) is 18.7 Å². The molecule has 1 fully saturated rings. The van der Waals surface area contributed by atoms with Crippen molar-refractivity contribution >= 4 is 21.6 Å². The molecular formula is C11H24N2O2S2. The lowest BCUT2D eigenvalue weighted by molar-refractivity contribution is 0.146. The second-order valence-corrected chi connectivity index (χ2v) is 8.14. The molecule has 0 spiro atoms. The minimum atomic E-state index is -3.02. The van der Waals surface area contributed by atoms with Crippen molar-refractivity contribution in [3.05, 3.63) is 0 Å². The van der Waals surface area contributed by atoms with Crippen molar-refractivity contribution in [1.82, 2.24) is 4.90 Å². The molecule has 0 aromatic heterocycles. The van der Waals surface area contributed by atoms with E-state index in [-0.39, 0.29) is 11.4 Å². The zero-order valence-corrected chi connectivity index (χ0v) is 12.6. The molecule has 4 nitrogen and oxygen atoms in total. The smallest absolute Gasteiger partial charge is 0.164 e. The molecule has 1 heterocycles. The van der Waals surface area contributed by atoms with Gasteiger partial charge in [-0.15, -0.1) is 0 Å². The number of sulfone groups is 1. The monoisotopic (exact) mass is 280 g/mol. The Hall–Kier alpha value is 0.220. The second-order valence-electron chi connectivity index (χ2n) is 4.79. The first-order chi connectivity index (χ1) is 7.91. The molecule has 0 bridgehead atoms. The highest BCUT2D eigenvalue weighted by Crippen LogP contribution is 2.26. The normalized spacial score (nSPS) is 26.7. The molecule has 102 valence electrons. The molecule has 0 aromatic rings. The molecular weight excluding hydrogens is 256 g/mol. The van der Waals surface area contributed by atoms with Gasteiger partial charge in [0.05, 0.1) is 0 Å². The number of hydrogen-bond donors (Lipinski definition) is 1. The Bertz CT molecular complexity index is 332. The van der Waals surface area contributed by atoms with Crippen LogP contribution >= 0.6 is 11.8 Å². The minimum Gasteiger partial charge on any atom is -0.329 e. The van der Waals surface area contributed by atoms with Crippen molar-refractivity contribution in [2.45, 2.75) is 31.7 Å². The summed E-state index contributed by atoms with van der Waals surface area (Å²) in [6, 6.07) is 0.181. The van der Waals surface area contributed by atoms with E-state index in [9.17, 15) is 8.42 Å². The summed E-state index contributed by atoms with van der Waals surface area (Å²) in [7, 11) is -3.02. The predicted octanol–water partition coefficient (Wildman–Crippen LogP) is 0.779. The van der Waals surface area contributed by atoms with Gasteiger partial charge in [-0.1, -0.05) is 20.3 Å². The molecule has 0 aliphatic carbocycles. The number of hydrogen-bond acceptors (Lipinski definition) is 5. The average Bonchev–Trinajstić information content (AvgIpc) is 2.29. The van der Waals surface area contributed by atoms with Gasteiger partial charge in [-0.2, -0.15) is 11.8 Å². The third kappa shape index (κ3) is 3.84. The molecule has 0 aromatic carbocycles. The molecule has 0 saturated carbocycles. The largest absolute Gasteiger partial charge is 0.329 e. The highest BCUT2D eigenvalue weighted by atomic mass is 32.2. The quantitative estimate of drug-likeness (QED) is 0.806. The van der Waals surface area contributed by atoms with Crippen LogP contribution in [-0.2, 0) is 9.84 Å². The van der Waals surface area contributed by atoms with Gasteiger partial charge in [0.1, 0.15) is 5.37 Å². The molecule has 1 saturated heterocycles. The fourth-order valence-corrected chi connectivity index (χ4v) is 5.24. The first-order valence-corrected chi connectivity index (χ1v) is 9.25. The number of thioether (sulfide) groups is 1. The molecule has 17 heavy (non-hydrogen) atoms. The van der Waals surface area contributed by atoms with Crippen LogP contribution in [0.1, 0.15) is 20.3 Å². The van der Waals surface area contributed by atoms with Gasteiger partial charge in [-0.25, -0.2) is 8.42 Å². The summed E-state index contributed by atoms with van der Waals surface area (Å²) in [5, 5.41) is -0.358. The fourth-order valence-electron chi connectivity index (χ4n) is 2.31. The van der Waals surface area contributed by atoms with Crippen LogP contribution in [0.25, 0.3) is 0 Å². The van der Waals surface area contributed by atoms with Crippen LogP contribution < -0.4 is 5.73 Å². The van der Waals surface area contributed by atoms with Gasteiger partial charge in [0.25, 0.3) is 0 Å². The van der Waals surface area contributed by atoms with E-state index in [0.29, 0.717) is 18.2 Å². The lowest BCUT2D eigenvalue weighted by Gasteiger charge is -2.41. The summed E-state index contributed by atoms with van der Waals surface area (Å²) < 4.78 is 23.7. The standard InChI is InChI=1S/C11H24N2O2S2/c1-4-9(2)10(7-12)13-5-6-16-8-11(13)17(3,14)15/h9-11H,4-8,12H2,1-3H3. The minimum absolute atomic E-state index is 0.181. The molecule has 1 aliphatic rings. The maximum Gasteiger partial charge on any atom is 0.164 e. The number of rotatable bonds is 5. The maximum absolute atomic E-state index is 11.8. The highest BCUT2D eigenvalue weighted by Gasteiger charge is 2.36. The second kappa shape index (κ2) is 6.41. The van der Waals surface area contributed by atoms with E-state index < -0.39 is 9.84 Å². The van der Waals surface area contributed by atoms with Crippen molar-refractivity contribution in [3.63, 3.8) is 0 Å². The molecule has 0 amide bonds. The van der Waals surface area contributed by atoms with Crippen LogP contribution in [0.4, 0.5) is 0 Å². The first-order valence-electron chi connectivity index (χ1n) is 6.14. The lowest BCUT2D eigenvalue weighted by Crippen LogP contribution is -2.56. The Morgan fingerprint density at radius 1 is 1.53 bits per heavy atom. The molecule has 6 heteroatoms. The van der Waals surface area contributed by atoms with Gasteiger partial charge in [0.15, 0.2) is 9.84 Å². The molecule has 3 unspecified atom stereocenters. The van der Waals surface area contributed by atoms with Gasteiger partial charge in [-0.3, -0.25) is 4.90 Å². The Kier molecular flexibility index (Phi) is 5.76. The predicted molar refractivity (Wildman–Crippen MR) is 75.0 cm³/mol. The van der Waals surface area contributed by atoms with Crippen LogP contribution in [0.5, 0.6) is 0 Å². The van der Waals surface area contributed by atoms with Crippen molar-refractivity contribution < 1.29 is 8.42 Å². The van der Waals surface area contributed by atoms with Gasteiger partial charge >= 0.3 is 0 Å². The zero-order valence-electron chi connectivity index (χ0n) is 10.9. The first kappa shape index (κ1) is 15.3. The van der Waals surface area contributed by atoms with E-state index in [1.807, 2.05) is 0 Å². The lowest BCUT2D eigenvalue weighted by atomic mass is 9.97.